The zero-order chi connectivity index (χ0) is 10.0. The quantitative estimate of drug-likeness (QED) is 0.593. The zero-order valence-electron chi connectivity index (χ0n) is 10.0. The molecule has 0 nitrogen and oxygen atoms in total. The summed E-state index contributed by atoms with van der Waals surface area (Å²) in [6.07, 6.45) is 4.30. The summed E-state index contributed by atoms with van der Waals surface area (Å²) in [6.45, 7) is 11.9. The molecule has 0 N–H and O–H groups in total. The molecule has 1 aliphatic rings. The van der Waals surface area contributed by atoms with Crippen LogP contribution in [0.5, 0.6) is 0 Å². The summed E-state index contributed by atoms with van der Waals surface area (Å²) < 4.78 is 0. The van der Waals surface area contributed by atoms with Crippen molar-refractivity contribution in [2.75, 3.05) is 0 Å². The van der Waals surface area contributed by atoms with Crippen LogP contribution in [0.15, 0.2) is 0 Å². The molecule has 0 aromatic rings. The van der Waals surface area contributed by atoms with Crippen molar-refractivity contribution in [1.29, 1.82) is 0 Å². The van der Waals surface area contributed by atoms with Crippen molar-refractivity contribution in [2.24, 2.45) is 29.6 Å². The number of hydrogen-bond donors (Lipinski definition) is 0. The van der Waals surface area contributed by atoms with Gasteiger partial charge in [0.2, 0.25) is 0 Å². The van der Waals surface area contributed by atoms with Gasteiger partial charge in [0.25, 0.3) is 0 Å². The lowest BCUT2D eigenvalue weighted by atomic mass is 9.98. The van der Waals surface area contributed by atoms with Gasteiger partial charge in [0.1, 0.15) is 0 Å². The van der Waals surface area contributed by atoms with Gasteiger partial charge in [-0.3, -0.25) is 0 Å². The lowest BCUT2D eigenvalue weighted by molar-refractivity contribution is 0.436. The van der Waals surface area contributed by atoms with Gasteiger partial charge in [-0.25, -0.2) is 0 Å². The molecule has 0 aromatic carbocycles. The molecule has 78 valence electrons. The Bertz CT molecular complexity index is 148. The molecule has 0 aromatic heterocycles. The van der Waals surface area contributed by atoms with Crippen LogP contribution in [0.4, 0.5) is 0 Å². The summed E-state index contributed by atoms with van der Waals surface area (Å²) in [5.74, 6) is 5.00. The number of hydrogen-bond acceptors (Lipinski definition) is 0. The zero-order valence-corrected chi connectivity index (χ0v) is 10.0. The molecule has 0 radical (unpaired) electrons. The fourth-order valence-electron chi connectivity index (χ4n) is 2.59. The van der Waals surface area contributed by atoms with Gasteiger partial charge in [-0.05, 0) is 42.4 Å². The fraction of sp³-hybridized carbons (Fsp3) is 1.00. The summed E-state index contributed by atoms with van der Waals surface area (Å²) >= 11 is 0. The van der Waals surface area contributed by atoms with Gasteiger partial charge in [-0.1, -0.05) is 41.0 Å². The smallest absolute Gasteiger partial charge is 0.0352 e. The van der Waals surface area contributed by atoms with Crippen LogP contribution >= 0.6 is 0 Å². The molecule has 0 amide bonds. The second-order valence-corrected chi connectivity index (χ2v) is 5.57. The second-order valence-electron chi connectivity index (χ2n) is 5.57. The summed E-state index contributed by atoms with van der Waals surface area (Å²) in [4.78, 5) is 0. The maximum absolute atomic E-state index is 2.44. The molecule has 1 saturated carbocycles. The van der Waals surface area contributed by atoms with Crippen molar-refractivity contribution >= 4 is 0 Å². The average molecular weight is 182 g/mol. The van der Waals surface area contributed by atoms with Gasteiger partial charge in [0.05, 0.1) is 0 Å². The fourth-order valence-corrected chi connectivity index (χ4v) is 2.59. The Morgan fingerprint density at radius 3 is 2.00 bits per heavy atom. The molecule has 1 aliphatic carbocycles. The van der Waals surface area contributed by atoms with Crippen molar-refractivity contribution in [2.45, 2.75) is 53.9 Å². The van der Waals surface area contributed by atoms with Crippen LogP contribution in [0.1, 0.15) is 53.9 Å². The van der Waals surface area contributed by atoms with Crippen molar-refractivity contribution in [3.8, 4) is 0 Å². The standard InChI is InChI=1S/C13H26/c1-6-10(4)8-13-11(5)12(13)7-9(2)3/h9-13H,6-8H2,1-5H3. The van der Waals surface area contributed by atoms with Crippen LogP contribution in [-0.4, -0.2) is 0 Å². The van der Waals surface area contributed by atoms with Crippen LogP contribution in [0, 0.1) is 29.6 Å². The third-order valence-electron chi connectivity index (χ3n) is 3.87. The average Bonchev–Trinajstić information content (AvgIpc) is 2.62. The lowest BCUT2D eigenvalue weighted by Gasteiger charge is -2.08. The van der Waals surface area contributed by atoms with Gasteiger partial charge in [-0.15, -0.1) is 0 Å². The van der Waals surface area contributed by atoms with E-state index < -0.39 is 0 Å². The molecule has 0 spiro atoms. The van der Waals surface area contributed by atoms with Gasteiger partial charge in [0.15, 0.2) is 0 Å². The highest BCUT2D eigenvalue weighted by Gasteiger charge is 2.45. The van der Waals surface area contributed by atoms with Gasteiger partial charge >= 0.3 is 0 Å². The molecular formula is C13H26. The van der Waals surface area contributed by atoms with Gasteiger partial charge in [0, 0.05) is 0 Å². The topological polar surface area (TPSA) is 0 Å². The molecule has 0 aliphatic heterocycles. The maximum atomic E-state index is 2.44. The van der Waals surface area contributed by atoms with E-state index in [2.05, 4.69) is 34.6 Å². The SMILES string of the molecule is CCC(C)CC1C(C)C1CC(C)C. The Hall–Kier alpha value is 0. The van der Waals surface area contributed by atoms with Gasteiger partial charge in [-0.2, -0.15) is 0 Å². The van der Waals surface area contributed by atoms with Crippen molar-refractivity contribution < 1.29 is 0 Å². The summed E-state index contributed by atoms with van der Waals surface area (Å²) in [5, 5.41) is 0. The molecule has 0 saturated heterocycles. The van der Waals surface area contributed by atoms with Crippen molar-refractivity contribution in [3.63, 3.8) is 0 Å². The van der Waals surface area contributed by atoms with E-state index in [0.29, 0.717) is 0 Å². The van der Waals surface area contributed by atoms with E-state index in [1.54, 1.807) is 0 Å². The highest BCUT2D eigenvalue weighted by atomic mass is 14.5. The van der Waals surface area contributed by atoms with E-state index in [1.807, 2.05) is 0 Å². The van der Waals surface area contributed by atoms with E-state index in [9.17, 15) is 0 Å². The first-order valence-corrected chi connectivity index (χ1v) is 6.06. The van der Waals surface area contributed by atoms with Crippen molar-refractivity contribution in [1.82, 2.24) is 0 Å². The first kappa shape index (κ1) is 11.1. The maximum Gasteiger partial charge on any atom is -0.0352 e. The first-order valence-electron chi connectivity index (χ1n) is 6.06. The predicted octanol–water partition coefficient (Wildman–Crippen LogP) is 4.35. The van der Waals surface area contributed by atoms with E-state index in [-0.39, 0.29) is 0 Å². The molecule has 0 heterocycles. The molecule has 0 heteroatoms. The Kier molecular flexibility index (Phi) is 3.82. The predicted molar refractivity (Wildman–Crippen MR) is 59.7 cm³/mol. The van der Waals surface area contributed by atoms with E-state index in [4.69, 9.17) is 0 Å². The largest absolute Gasteiger partial charge is 0.0651 e. The summed E-state index contributed by atoms with van der Waals surface area (Å²) in [6, 6.07) is 0. The molecule has 1 fully saturated rings. The molecule has 4 atom stereocenters. The third kappa shape index (κ3) is 3.00. The van der Waals surface area contributed by atoms with Crippen LogP contribution < -0.4 is 0 Å². The minimum atomic E-state index is 0.898. The third-order valence-corrected chi connectivity index (χ3v) is 3.87. The van der Waals surface area contributed by atoms with Crippen LogP contribution in [0.2, 0.25) is 0 Å². The van der Waals surface area contributed by atoms with E-state index >= 15 is 0 Å². The monoisotopic (exact) mass is 182 g/mol. The molecule has 13 heavy (non-hydrogen) atoms. The Balaban J connectivity index is 2.23. The number of rotatable bonds is 5. The van der Waals surface area contributed by atoms with Gasteiger partial charge < -0.3 is 0 Å². The van der Waals surface area contributed by atoms with E-state index in [1.165, 1.54) is 19.3 Å². The Morgan fingerprint density at radius 1 is 1.00 bits per heavy atom. The van der Waals surface area contributed by atoms with E-state index in [0.717, 1.165) is 29.6 Å². The van der Waals surface area contributed by atoms with Crippen molar-refractivity contribution in [3.05, 3.63) is 0 Å². The summed E-state index contributed by atoms with van der Waals surface area (Å²) in [7, 11) is 0. The first-order chi connectivity index (χ1) is 6.06. The minimum absolute atomic E-state index is 0.898. The summed E-state index contributed by atoms with van der Waals surface area (Å²) in [5.41, 5.74) is 0. The minimum Gasteiger partial charge on any atom is -0.0651 e. The van der Waals surface area contributed by atoms with Crippen LogP contribution in [0.25, 0.3) is 0 Å². The van der Waals surface area contributed by atoms with Crippen LogP contribution in [0.3, 0.4) is 0 Å². The molecule has 4 unspecified atom stereocenters. The second kappa shape index (κ2) is 4.48. The molecule has 1 rings (SSSR count). The highest BCUT2D eigenvalue weighted by molar-refractivity contribution is 4.94. The normalized spacial score (nSPS) is 35.1. The lowest BCUT2D eigenvalue weighted by Crippen LogP contribution is -1.96. The Morgan fingerprint density at radius 2 is 1.54 bits per heavy atom. The molecule has 0 bridgehead atoms. The van der Waals surface area contributed by atoms with Crippen LogP contribution in [-0.2, 0) is 0 Å². The molecular weight excluding hydrogens is 156 g/mol. The highest BCUT2D eigenvalue weighted by Crippen LogP contribution is 2.53. The Labute approximate surface area is 84.1 Å².